The number of rotatable bonds is 5. The van der Waals surface area contributed by atoms with Crippen LogP contribution in [0.5, 0.6) is 0 Å². The minimum absolute atomic E-state index is 0.140. The van der Waals surface area contributed by atoms with E-state index >= 15 is 0 Å². The molecule has 0 amide bonds. The molecule has 3 heteroatoms. The predicted molar refractivity (Wildman–Crippen MR) is 182 cm³/mol. The Hall–Kier alpha value is -5.93. The Morgan fingerprint density at radius 1 is 0.364 bits per heavy atom. The number of aromatic nitrogens is 3. The van der Waals surface area contributed by atoms with Gasteiger partial charge in [0.1, 0.15) is 0 Å². The van der Waals surface area contributed by atoms with Crippen molar-refractivity contribution in [1.29, 1.82) is 0 Å². The van der Waals surface area contributed by atoms with Gasteiger partial charge < -0.3 is 0 Å². The zero-order valence-corrected chi connectivity index (χ0v) is 22.3. The first-order valence-corrected chi connectivity index (χ1v) is 13.1. The highest BCUT2D eigenvalue weighted by Crippen LogP contribution is 2.32. The monoisotopic (exact) mass is 582 g/mol. The van der Waals surface area contributed by atoms with Crippen LogP contribution in [0.1, 0.15) is 28.8 Å². The van der Waals surface area contributed by atoms with E-state index in [1.807, 2.05) is 0 Å². The molecule has 0 bridgehead atoms. The summed E-state index contributed by atoms with van der Waals surface area (Å²) in [7, 11) is 0. The highest BCUT2D eigenvalue weighted by molar-refractivity contribution is 5.97. The van der Waals surface area contributed by atoms with Crippen molar-refractivity contribution >= 4 is 21.5 Å². The second-order valence-electron chi connectivity index (χ2n) is 9.23. The van der Waals surface area contributed by atoms with Gasteiger partial charge in [-0.1, -0.05) is 151 Å². The van der Waals surface area contributed by atoms with Crippen LogP contribution >= 0.6 is 0 Å². The Balaban J connectivity index is 1.43. The van der Waals surface area contributed by atoms with Crippen molar-refractivity contribution in [2.24, 2.45) is 0 Å². The molecule has 0 aliphatic carbocycles. The maximum atomic E-state index is 9.44. The average Bonchev–Trinajstić information content (AvgIpc) is 3.27. The molecule has 0 atom stereocenters. The molecular formula is C41H27N3. The van der Waals surface area contributed by atoms with Crippen LogP contribution in [0.4, 0.5) is 0 Å². The number of nitrogens with zero attached hydrogens (tertiary/aromatic N) is 3. The SMILES string of the molecule is [2H]c1cc([2H])c(-c2c([2H])c([2H])c(-c3c([2H])c([2H])c([2H])c4c([2H])c([2H])c([2H])c([2H])c34)c([2H])c2[2H])c([2H])c1-c1nc(-c2ccccc2)nc(-c2c([2H])c([2H])c3c([2H])c([2H])c([2H])c([2H])c3c2[2H])n1. The van der Waals surface area contributed by atoms with Crippen molar-refractivity contribution < 1.29 is 28.8 Å². The minimum atomic E-state index is -0.893. The zero-order chi connectivity index (χ0) is 47.6. The van der Waals surface area contributed by atoms with Crippen LogP contribution in [-0.2, 0) is 0 Å². The summed E-state index contributed by atoms with van der Waals surface area (Å²) in [5.74, 6) is -1.09. The summed E-state index contributed by atoms with van der Waals surface area (Å²) in [4.78, 5) is 13.4. The van der Waals surface area contributed by atoms with Crippen LogP contribution in [0.3, 0.4) is 0 Å². The van der Waals surface area contributed by atoms with Gasteiger partial charge in [0.15, 0.2) is 17.5 Å². The summed E-state index contributed by atoms with van der Waals surface area (Å²) < 4.78 is 183. The molecule has 0 aliphatic rings. The molecule has 0 aliphatic heterocycles. The van der Waals surface area contributed by atoms with Crippen LogP contribution in [0, 0.1) is 0 Å². The van der Waals surface area contributed by atoms with E-state index in [-0.39, 0.29) is 11.2 Å². The zero-order valence-electron chi connectivity index (χ0n) is 43.3. The Labute approximate surface area is 285 Å². The predicted octanol–water partition coefficient (Wildman–Crippen LogP) is 10.5. The van der Waals surface area contributed by atoms with Crippen molar-refractivity contribution in [3.05, 3.63) is 163 Å². The molecule has 0 spiro atoms. The largest absolute Gasteiger partial charge is 0.208 e. The van der Waals surface area contributed by atoms with Crippen molar-refractivity contribution in [1.82, 2.24) is 15.0 Å². The summed E-state index contributed by atoms with van der Waals surface area (Å²) in [5.41, 5.74) is -3.01. The van der Waals surface area contributed by atoms with Crippen LogP contribution in [-0.4, -0.2) is 15.0 Å². The average molecular weight is 583 g/mol. The standard InChI is InChI=1S/C41H27N3/c1-2-12-32(13-3-1)39-42-40(44-41(43-39)36-25-22-28-10-4-5-14-33(28)27-36)35-17-8-16-34(26-35)29-20-23-31(24-21-29)38-19-9-15-30-11-6-7-18-37(30)38/h1-27H/i4D,5D,6D,7D,9D,10D,11D,14D,15D,16D,17D,18D,19D,20D,21D,22D,23D,24D,25D,26D,27D. The molecular weight excluding hydrogens is 534 g/mol. The van der Waals surface area contributed by atoms with Gasteiger partial charge in [-0.2, -0.15) is 0 Å². The van der Waals surface area contributed by atoms with E-state index < -0.39 is 188 Å². The molecule has 1 aromatic heterocycles. The molecule has 44 heavy (non-hydrogen) atoms. The lowest BCUT2D eigenvalue weighted by atomic mass is 9.96. The van der Waals surface area contributed by atoms with E-state index in [1.165, 1.54) is 0 Å². The van der Waals surface area contributed by atoms with Gasteiger partial charge in [-0.15, -0.1) is 0 Å². The topological polar surface area (TPSA) is 38.7 Å². The van der Waals surface area contributed by atoms with Gasteiger partial charge in [0.05, 0.1) is 28.8 Å². The summed E-state index contributed by atoms with van der Waals surface area (Å²) in [6, 6.07) is -6.46. The third kappa shape index (κ3) is 4.91. The molecule has 0 radical (unpaired) electrons. The van der Waals surface area contributed by atoms with Gasteiger partial charge in [-0.25, -0.2) is 15.0 Å². The molecule has 3 nitrogen and oxygen atoms in total. The maximum absolute atomic E-state index is 9.44. The fourth-order valence-electron chi connectivity index (χ4n) is 4.40. The van der Waals surface area contributed by atoms with Crippen LogP contribution in [0.15, 0.2) is 163 Å². The van der Waals surface area contributed by atoms with Crippen molar-refractivity contribution in [3.8, 4) is 56.4 Å². The Bertz CT molecular complexity index is 3410. The van der Waals surface area contributed by atoms with E-state index in [0.29, 0.717) is 5.56 Å². The van der Waals surface area contributed by atoms with Crippen LogP contribution in [0.2, 0.25) is 0 Å². The molecule has 8 rings (SSSR count). The molecule has 206 valence electrons. The van der Waals surface area contributed by atoms with E-state index in [2.05, 4.69) is 15.0 Å². The van der Waals surface area contributed by atoms with Crippen molar-refractivity contribution in [3.63, 3.8) is 0 Å². The molecule has 8 aromatic rings. The number of hydrogen-bond acceptors (Lipinski definition) is 3. The smallest absolute Gasteiger partial charge is 0.164 e. The first-order chi connectivity index (χ1) is 30.5. The molecule has 0 saturated heterocycles. The molecule has 1 heterocycles. The fourth-order valence-corrected chi connectivity index (χ4v) is 4.40. The van der Waals surface area contributed by atoms with E-state index in [4.69, 9.17) is 27.4 Å². The Morgan fingerprint density at radius 2 is 0.955 bits per heavy atom. The summed E-state index contributed by atoms with van der Waals surface area (Å²) in [5, 5.41) is -1.76. The lowest BCUT2D eigenvalue weighted by Gasteiger charge is -2.11. The van der Waals surface area contributed by atoms with Gasteiger partial charge in [0, 0.05) is 16.7 Å². The third-order valence-electron chi connectivity index (χ3n) is 6.49. The number of fused-ring (bicyclic) bond motifs is 2. The van der Waals surface area contributed by atoms with Gasteiger partial charge in [-0.05, 0) is 55.9 Å². The highest BCUT2D eigenvalue weighted by atomic mass is 15.0. The highest BCUT2D eigenvalue weighted by Gasteiger charge is 2.14. The Kier molecular flexibility index (Phi) is 3.01. The number of benzene rings is 7. The van der Waals surface area contributed by atoms with Crippen molar-refractivity contribution in [2.45, 2.75) is 0 Å². The number of hydrogen-bond donors (Lipinski definition) is 0. The summed E-state index contributed by atoms with van der Waals surface area (Å²) in [6.45, 7) is 0. The molecule has 0 saturated carbocycles. The minimum Gasteiger partial charge on any atom is -0.208 e. The third-order valence-corrected chi connectivity index (χ3v) is 6.49. The summed E-state index contributed by atoms with van der Waals surface area (Å²) >= 11 is 0. The first kappa shape index (κ1) is 12.0. The lowest BCUT2D eigenvalue weighted by molar-refractivity contribution is 1.07. The van der Waals surface area contributed by atoms with Crippen LogP contribution < -0.4 is 0 Å². The lowest BCUT2D eigenvalue weighted by Crippen LogP contribution is -2.00. The van der Waals surface area contributed by atoms with Gasteiger partial charge >= 0.3 is 0 Å². The fraction of sp³-hybridized carbons (Fsp3) is 0. The maximum Gasteiger partial charge on any atom is 0.164 e. The molecule has 0 unspecified atom stereocenters. The second-order valence-corrected chi connectivity index (χ2v) is 9.23. The second kappa shape index (κ2) is 11.0. The molecule has 0 N–H and O–H groups in total. The van der Waals surface area contributed by atoms with E-state index in [9.17, 15) is 1.37 Å². The molecule has 7 aromatic carbocycles. The Morgan fingerprint density at radius 3 is 1.75 bits per heavy atom. The van der Waals surface area contributed by atoms with E-state index in [0.717, 1.165) is 6.07 Å². The quantitative estimate of drug-likeness (QED) is 0.203. The van der Waals surface area contributed by atoms with Gasteiger partial charge in [0.25, 0.3) is 0 Å². The van der Waals surface area contributed by atoms with Gasteiger partial charge in [-0.3, -0.25) is 0 Å². The normalized spacial score (nSPS) is 17.9. The summed E-state index contributed by atoms with van der Waals surface area (Å²) in [6.07, 6.45) is 0. The van der Waals surface area contributed by atoms with Gasteiger partial charge in [0.2, 0.25) is 0 Å². The van der Waals surface area contributed by atoms with Crippen LogP contribution in [0.25, 0.3) is 78.0 Å². The van der Waals surface area contributed by atoms with Crippen molar-refractivity contribution in [2.75, 3.05) is 0 Å². The molecule has 0 fully saturated rings. The first-order valence-electron chi connectivity index (χ1n) is 23.6. The van der Waals surface area contributed by atoms with E-state index in [1.54, 1.807) is 30.3 Å².